The van der Waals surface area contributed by atoms with Crippen molar-refractivity contribution in [1.82, 2.24) is 14.5 Å². The van der Waals surface area contributed by atoms with Crippen LogP contribution in [0.15, 0.2) is 41.8 Å². The molecule has 2 aliphatic rings. The van der Waals surface area contributed by atoms with Crippen molar-refractivity contribution >= 4 is 28.4 Å². The first-order valence-corrected chi connectivity index (χ1v) is 8.66. The molecule has 126 valence electrons. The number of amidine groups is 1. The van der Waals surface area contributed by atoms with Crippen LogP contribution in [0.25, 0.3) is 11.0 Å². The van der Waals surface area contributed by atoms with Gasteiger partial charge in [0.2, 0.25) is 0 Å². The molecule has 1 aromatic carbocycles. The number of nitrogens with two attached hydrogens (primary N) is 2. The van der Waals surface area contributed by atoms with Crippen LogP contribution in [-0.2, 0) is 5.41 Å². The number of hydrogen-bond acceptors (Lipinski definition) is 5. The van der Waals surface area contributed by atoms with E-state index in [1.807, 2.05) is 12.3 Å². The smallest absolute Gasteiger partial charge is 0.146 e. The molecule has 2 aromatic heterocycles. The van der Waals surface area contributed by atoms with Gasteiger partial charge in [-0.25, -0.2) is 15.0 Å². The fourth-order valence-corrected chi connectivity index (χ4v) is 4.20. The first kappa shape index (κ1) is 14.5. The zero-order chi connectivity index (χ0) is 17.2. The van der Waals surface area contributed by atoms with Crippen molar-refractivity contribution in [2.75, 3.05) is 5.73 Å². The Hall–Kier alpha value is -2.89. The number of nitrogen functional groups attached to an aromatic ring is 1. The predicted molar refractivity (Wildman–Crippen MR) is 99.0 cm³/mol. The minimum absolute atomic E-state index is 0.0128. The summed E-state index contributed by atoms with van der Waals surface area (Å²) in [6.45, 7) is 2.15. The lowest BCUT2D eigenvalue weighted by Crippen LogP contribution is -2.44. The van der Waals surface area contributed by atoms with Gasteiger partial charge in [0.25, 0.3) is 0 Å². The van der Waals surface area contributed by atoms with Gasteiger partial charge in [-0.05, 0) is 43.0 Å². The van der Waals surface area contributed by atoms with Crippen molar-refractivity contribution in [2.45, 2.75) is 37.6 Å². The molecule has 1 aliphatic carbocycles. The second kappa shape index (κ2) is 4.81. The molecule has 0 saturated heterocycles. The van der Waals surface area contributed by atoms with Gasteiger partial charge in [0, 0.05) is 6.20 Å². The molecule has 6 heteroatoms. The Morgan fingerprint density at radius 3 is 2.76 bits per heavy atom. The van der Waals surface area contributed by atoms with Crippen LogP contribution in [0.3, 0.4) is 0 Å². The van der Waals surface area contributed by atoms with E-state index in [0.29, 0.717) is 5.82 Å². The van der Waals surface area contributed by atoms with Crippen LogP contribution in [0, 0.1) is 0 Å². The van der Waals surface area contributed by atoms with E-state index in [1.54, 1.807) is 0 Å². The molecule has 1 unspecified atom stereocenters. The Morgan fingerprint density at radius 1 is 1.16 bits per heavy atom. The Morgan fingerprint density at radius 2 is 2.00 bits per heavy atom. The van der Waals surface area contributed by atoms with Gasteiger partial charge in [0.05, 0.1) is 22.5 Å². The van der Waals surface area contributed by atoms with Crippen LogP contribution < -0.4 is 11.5 Å². The lowest BCUT2D eigenvalue weighted by atomic mass is 9.64. The van der Waals surface area contributed by atoms with E-state index in [0.717, 1.165) is 35.4 Å². The Balaban J connectivity index is 1.58. The highest BCUT2D eigenvalue weighted by Gasteiger charge is 2.47. The first-order chi connectivity index (χ1) is 12.1. The highest BCUT2D eigenvalue weighted by molar-refractivity contribution is 6.00. The molecule has 0 amide bonds. The normalized spacial score (nSPS) is 18.8. The molecule has 1 fully saturated rings. The zero-order valence-corrected chi connectivity index (χ0v) is 14.1. The third-order valence-electron chi connectivity index (χ3n) is 5.92. The van der Waals surface area contributed by atoms with Crippen molar-refractivity contribution in [1.29, 1.82) is 0 Å². The van der Waals surface area contributed by atoms with Gasteiger partial charge in [-0.15, -0.1) is 0 Å². The van der Waals surface area contributed by atoms with Gasteiger partial charge in [-0.3, -0.25) is 0 Å². The summed E-state index contributed by atoms with van der Waals surface area (Å²) in [7, 11) is 0. The molecule has 4 N–H and O–H groups in total. The van der Waals surface area contributed by atoms with Gasteiger partial charge < -0.3 is 16.0 Å². The number of aliphatic imine (C=N–C) groups is 1. The van der Waals surface area contributed by atoms with Crippen LogP contribution in [0.1, 0.15) is 43.4 Å². The molecule has 3 aromatic rings. The summed E-state index contributed by atoms with van der Waals surface area (Å²) in [5.74, 6) is 1.29. The molecular formula is C19H20N6. The van der Waals surface area contributed by atoms with Crippen LogP contribution in [0.2, 0.25) is 0 Å². The summed E-state index contributed by atoms with van der Waals surface area (Å²) >= 11 is 0. The zero-order valence-electron chi connectivity index (χ0n) is 14.1. The highest BCUT2D eigenvalue weighted by atomic mass is 15.1. The molecule has 6 nitrogen and oxygen atoms in total. The number of benzene rings is 1. The molecule has 1 aliphatic heterocycles. The van der Waals surface area contributed by atoms with E-state index in [9.17, 15) is 0 Å². The van der Waals surface area contributed by atoms with Crippen LogP contribution >= 0.6 is 0 Å². The number of fused-ring (bicyclic) bond motifs is 3. The number of aromatic nitrogens is 3. The van der Waals surface area contributed by atoms with Crippen LogP contribution in [-0.4, -0.2) is 20.4 Å². The Bertz CT molecular complexity index is 1030. The summed E-state index contributed by atoms with van der Waals surface area (Å²) < 4.78 is 2.12. The van der Waals surface area contributed by atoms with Gasteiger partial charge in [-0.2, -0.15) is 0 Å². The molecule has 0 radical (unpaired) electrons. The third kappa shape index (κ3) is 1.82. The van der Waals surface area contributed by atoms with E-state index in [-0.39, 0.29) is 11.5 Å². The molecule has 5 rings (SSSR count). The van der Waals surface area contributed by atoms with E-state index in [2.05, 4.69) is 44.7 Å². The molecule has 3 heterocycles. The van der Waals surface area contributed by atoms with Crippen molar-refractivity contribution in [3.05, 3.63) is 47.9 Å². The fraction of sp³-hybridized carbons (Fsp3) is 0.316. The van der Waals surface area contributed by atoms with Crippen molar-refractivity contribution in [3.63, 3.8) is 0 Å². The number of nitrogens with zero attached hydrogens (tertiary/aromatic N) is 4. The third-order valence-corrected chi connectivity index (χ3v) is 5.92. The largest absolute Gasteiger partial charge is 0.386 e. The number of hydrogen-bond donors (Lipinski definition) is 2. The van der Waals surface area contributed by atoms with Crippen LogP contribution in [0.4, 0.5) is 11.5 Å². The van der Waals surface area contributed by atoms with Crippen molar-refractivity contribution < 1.29 is 0 Å². The van der Waals surface area contributed by atoms with Gasteiger partial charge in [0.1, 0.15) is 23.6 Å². The van der Waals surface area contributed by atoms with Gasteiger partial charge in [0.15, 0.2) is 0 Å². The maximum atomic E-state index is 6.25. The lowest BCUT2D eigenvalue weighted by molar-refractivity contribution is 0.344. The fourth-order valence-electron chi connectivity index (χ4n) is 4.20. The maximum absolute atomic E-state index is 6.25. The lowest BCUT2D eigenvalue weighted by Gasteiger charge is -2.38. The highest BCUT2D eigenvalue weighted by Crippen LogP contribution is 2.51. The molecule has 0 bridgehead atoms. The molecule has 1 saturated carbocycles. The number of anilines is 1. The standard InChI is InChI=1S/C19H20N6/c1-11(25-8-5-13-16(20)22-10-23-17(13)25)12-3-4-14-15(9-12)24-18(21)19(14)6-2-7-19/h3-5,8-11H,2,6-7H2,1H3,(H2,21,24)(H2,20,22,23). The minimum Gasteiger partial charge on any atom is -0.386 e. The summed E-state index contributed by atoms with van der Waals surface area (Å²) in [5.41, 5.74) is 16.6. The average Bonchev–Trinajstić information content (AvgIpc) is 3.12. The van der Waals surface area contributed by atoms with E-state index in [4.69, 9.17) is 11.5 Å². The summed E-state index contributed by atoms with van der Waals surface area (Å²) in [4.78, 5) is 13.1. The average molecular weight is 332 g/mol. The number of rotatable bonds is 2. The van der Waals surface area contributed by atoms with Crippen LogP contribution in [0.5, 0.6) is 0 Å². The summed E-state index contributed by atoms with van der Waals surface area (Å²) in [5, 5.41) is 0.881. The predicted octanol–water partition coefficient (Wildman–Crippen LogP) is 3.05. The quantitative estimate of drug-likeness (QED) is 0.754. The molecule has 1 spiro atoms. The van der Waals surface area contributed by atoms with E-state index in [1.165, 1.54) is 23.9 Å². The SMILES string of the molecule is CC(c1ccc2c(c1)N=C(N)C21CCC1)n1ccc2c(N)ncnc21. The Labute approximate surface area is 145 Å². The topological polar surface area (TPSA) is 95.1 Å². The summed E-state index contributed by atoms with van der Waals surface area (Å²) in [6, 6.07) is 8.64. The second-order valence-electron chi connectivity index (χ2n) is 7.10. The molecule has 25 heavy (non-hydrogen) atoms. The van der Waals surface area contributed by atoms with Gasteiger partial charge in [-0.1, -0.05) is 18.6 Å². The van der Waals surface area contributed by atoms with E-state index >= 15 is 0 Å². The monoisotopic (exact) mass is 332 g/mol. The second-order valence-corrected chi connectivity index (χ2v) is 7.10. The Kier molecular flexibility index (Phi) is 2.78. The summed E-state index contributed by atoms with van der Waals surface area (Å²) in [6.07, 6.45) is 6.98. The van der Waals surface area contributed by atoms with E-state index < -0.39 is 0 Å². The van der Waals surface area contributed by atoms with Crippen molar-refractivity contribution in [2.24, 2.45) is 10.7 Å². The van der Waals surface area contributed by atoms with Crippen molar-refractivity contribution in [3.8, 4) is 0 Å². The molecular weight excluding hydrogens is 312 g/mol. The first-order valence-electron chi connectivity index (χ1n) is 8.66. The minimum atomic E-state index is 0.0128. The van der Waals surface area contributed by atoms with Gasteiger partial charge >= 0.3 is 0 Å². The maximum Gasteiger partial charge on any atom is 0.146 e. The molecule has 1 atom stereocenters.